The van der Waals surface area contributed by atoms with Crippen molar-refractivity contribution in [2.45, 2.75) is 18.9 Å². The Labute approximate surface area is 142 Å². The van der Waals surface area contributed by atoms with Crippen molar-refractivity contribution in [2.75, 3.05) is 20.1 Å². The van der Waals surface area contributed by atoms with Gasteiger partial charge >= 0.3 is 0 Å². The number of benzene rings is 2. The third kappa shape index (κ3) is 3.39. The van der Waals surface area contributed by atoms with Crippen LogP contribution in [-0.4, -0.2) is 42.8 Å². The molecule has 1 aliphatic rings. The van der Waals surface area contributed by atoms with Crippen molar-refractivity contribution in [1.82, 2.24) is 10.2 Å². The lowest BCUT2D eigenvalue weighted by molar-refractivity contribution is 0.0703. The topological polar surface area (TPSA) is 49.4 Å². The Morgan fingerprint density at radius 1 is 0.917 bits per heavy atom. The van der Waals surface area contributed by atoms with Crippen LogP contribution in [0.15, 0.2) is 54.6 Å². The Morgan fingerprint density at radius 3 is 2.12 bits per heavy atom. The van der Waals surface area contributed by atoms with Gasteiger partial charge in [0, 0.05) is 30.3 Å². The maximum Gasteiger partial charge on any atom is 0.254 e. The van der Waals surface area contributed by atoms with Gasteiger partial charge < -0.3 is 10.2 Å². The van der Waals surface area contributed by atoms with Crippen molar-refractivity contribution in [3.63, 3.8) is 0 Å². The summed E-state index contributed by atoms with van der Waals surface area (Å²) < 4.78 is 0. The first-order valence-electron chi connectivity index (χ1n) is 8.36. The molecule has 124 valence electrons. The molecule has 0 aliphatic carbocycles. The van der Waals surface area contributed by atoms with Gasteiger partial charge in [-0.2, -0.15) is 0 Å². The fourth-order valence-corrected chi connectivity index (χ4v) is 3.15. The van der Waals surface area contributed by atoms with Gasteiger partial charge in [0.1, 0.15) is 0 Å². The molecule has 0 bridgehead atoms. The molecule has 2 aromatic rings. The van der Waals surface area contributed by atoms with Crippen molar-refractivity contribution >= 4 is 11.7 Å². The molecule has 2 aromatic carbocycles. The molecule has 0 saturated carbocycles. The average molecular weight is 322 g/mol. The van der Waals surface area contributed by atoms with Crippen molar-refractivity contribution in [1.29, 1.82) is 0 Å². The van der Waals surface area contributed by atoms with Gasteiger partial charge in [-0.05, 0) is 26.0 Å². The van der Waals surface area contributed by atoms with Crippen molar-refractivity contribution in [3.05, 3.63) is 71.3 Å². The van der Waals surface area contributed by atoms with E-state index in [2.05, 4.69) is 5.32 Å². The summed E-state index contributed by atoms with van der Waals surface area (Å²) in [6.45, 7) is 1.44. The van der Waals surface area contributed by atoms with E-state index >= 15 is 0 Å². The number of carbonyl (C=O) groups excluding carboxylic acids is 2. The number of hydrogen-bond donors (Lipinski definition) is 1. The van der Waals surface area contributed by atoms with Gasteiger partial charge in [0.25, 0.3) is 5.91 Å². The second-order valence-corrected chi connectivity index (χ2v) is 6.10. The van der Waals surface area contributed by atoms with E-state index in [-0.39, 0.29) is 11.7 Å². The van der Waals surface area contributed by atoms with Crippen LogP contribution >= 0.6 is 0 Å². The molecule has 1 heterocycles. The molecule has 4 heteroatoms. The number of nitrogens with one attached hydrogen (secondary N) is 1. The number of piperidine rings is 1. The van der Waals surface area contributed by atoms with Gasteiger partial charge in [-0.15, -0.1) is 0 Å². The summed E-state index contributed by atoms with van der Waals surface area (Å²) in [4.78, 5) is 27.5. The molecular weight excluding hydrogens is 300 g/mol. The summed E-state index contributed by atoms with van der Waals surface area (Å²) in [6.07, 6.45) is 1.88. The smallest absolute Gasteiger partial charge is 0.254 e. The van der Waals surface area contributed by atoms with Crippen LogP contribution in [0.2, 0.25) is 0 Å². The van der Waals surface area contributed by atoms with Crippen LogP contribution in [0.1, 0.15) is 39.1 Å². The highest BCUT2D eigenvalue weighted by Gasteiger charge is 2.25. The van der Waals surface area contributed by atoms with E-state index in [1.54, 1.807) is 30.3 Å². The highest BCUT2D eigenvalue weighted by Crippen LogP contribution is 2.19. The van der Waals surface area contributed by atoms with E-state index < -0.39 is 0 Å². The Kier molecular flexibility index (Phi) is 5.06. The SMILES string of the molecule is CNC1CCN(C(=O)c2ccccc2C(=O)c2ccccc2)CC1. The lowest BCUT2D eigenvalue weighted by Crippen LogP contribution is -2.44. The summed E-state index contributed by atoms with van der Waals surface area (Å²) in [5.41, 5.74) is 1.57. The summed E-state index contributed by atoms with van der Waals surface area (Å²) >= 11 is 0. The van der Waals surface area contributed by atoms with E-state index in [0.29, 0.717) is 22.7 Å². The molecule has 0 atom stereocenters. The van der Waals surface area contributed by atoms with Gasteiger partial charge in [0.15, 0.2) is 5.78 Å². The van der Waals surface area contributed by atoms with Crippen LogP contribution in [0.5, 0.6) is 0 Å². The number of ketones is 1. The largest absolute Gasteiger partial charge is 0.339 e. The molecule has 1 N–H and O–H groups in total. The summed E-state index contributed by atoms with van der Waals surface area (Å²) in [6, 6.07) is 16.7. The molecule has 0 spiro atoms. The van der Waals surface area contributed by atoms with Crippen LogP contribution in [0.25, 0.3) is 0 Å². The molecule has 1 aliphatic heterocycles. The zero-order chi connectivity index (χ0) is 16.9. The molecule has 1 amide bonds. The third-order valence-electron chi connectivity index (χ3n) is 4.63. The van der Waals surface area contributed by atoms with Crippen molar-refractivity contribution < 1.29 is 9.59 Å². The van der Waals surface area contributed by atoms with Gasteiger partial charge in [0.2, 0.25) is 0 Å². The van der Waals surface area contributed by atoms with Crippen molar-refractivity contribution in [2.24, 2.45) is 0 Å². The first-order chi connectivity index (χ1) is 11.7. The minimum Gasteiger partial charge on any atom is -0.339 e. The maximum atomic E-state index is 12.9. The highest BCUT2D eigenvalue weighted by atomic mass is 16.2. The first kappa shape index (κ1) is 16.4. The Bertz CT molecular complexity index is 719. The number of nitrogens with zero attached hydrogens (tertiary/aromatic N) is 1. The van der Waals surface area contributed by atoms with Crippen LogP contribution in [0.4, 0.5) is 0 Å². The Balaban J connectivity index is 1.84. The highest BCUT2D eigenvalue weighted by molar-refractivity contribution is 6.15. The van der Waals surface area contributed by atoms with Gasteiger partial charge in [0.05, 0.1) is 5.56 Å². The first-order valence-corrected chi connectivity index (χ1v) is 8.36. The normalized spacial score (nSPS) is 15.3. The molecule has 3 rings (SSSR count). The molecule has 1 saturated heterocycles. The monoisotopic (exact) mass is 322 g/mol. The minimum absolute atomic E-state index is 0.0514. The minimum atomic E-state index is -0.107. The van der Waals surface area contributed by atoms with Gasteiger partial charge in [-0.1, -0.05) is 48.5 Å². The van der Waals surface area contributed by atoms with Gasteiger partial charge in [-0.3, -0.25) is 9.59 Å². The molecule has 0 radical (unpaired) electrons. The van der Waals surface area contributed by atoms with E-state index in [0.717, 1.165) is 25.9 Å². The van der Waals surface area contributed by atoms with E-state index in [1.165, 1.54) is 0 Å². The summed E-state index contributed by atoms with van der Waals surface area (Å²) in [7, 11) is 1.95. The Morgan fingerprint density at radius 2 is 1.50 bits per heavy atom. The molecule has 0 unspecified atom stereocenters. The molecule has 24 heavy (non-hydrogen) atoms. The van der Waals surface area contributed by atoms with E-state index in [1.807, 2.05) is 36.2 Å². The molecule has 1 fully saturated rings. The van der Waals surface area contributed by atoms with Crippen molar-refractivity contribution in [3.8, 4) is 0 Å². The number of carbonyl (C=O) groups is 2. The molecule has 4 nitrogen and oxygen atoms in total. The van der Waals surface area contributed by atoms with E-state index in [4.69, 9.17) is 0 Å². The summed E-state index contributed by atoms with van der Waals surface area (Å²) in [5.74, 6) is -0.158. The fourth-order valence-electron chi connectivity index (χ4n) is 3.15. The third-order valence-corrected chi connectivity index (χ3v) is 4.63. The predicted molar refractivity (Wildman–Crippen MR) is 94.3 cm³/mol. The van der Waals surface area contributed by atoms with Crippen LogP contribution in [-0.2, 0) is 0 Å². The number of amides is 1. The Hall–Kier alpha value is -2.46. The molecular formula is C20H22N2O2. The van der Waals surface area contributed by atoms with E-state index in [9.17, 15) is 9.59 Å². The second-order valence-electron chi connectivity index (χ2n) is 6.10. The summed E-state index contributed by atoms with van der Waals surface area (Å²) in [5, 5.41) is 3.26. The molecule has 0 aromatic heterocycles. The maximum absolute atomic E-state index is 12.9. The second kappa shape index (κ2) is 7.41. The zero-order valence-corrected chi connectivity index (χ0v) is 13.9. The quantitative estimate of drug-likeness (QED) is 0.881. The lowest BCUT2D eigenvalue weighted by atomic mass is 9.96. The standard InChI is InChI=1S/C20H22N2O2/c1-21-16-11-13-22(14-12-16)20(24)18-10-6-5-9-17(18)19(23)15-7-3-2-4-8-15/h2-10,16,21H,11-14H2,1H3. The average Bonchev–Trinajstić information content (AvgIpc) is 2.67. The lowest BCUT2D eigenvalue weighted by Gasteiger charge is -2.32. The predicted octanol–water partition coefficient (Wildman–Crippen LogP) is 2.74. The number of likely N-dealkylation sites (tertiary alicyclic amines) is 1. The van der Waals surface area contributed by atoms with Crippen LogP contribution < -0.4 is 5.32 Å². The van der Waals surface area contributed by atoms with Gasteiger partial charge in [-0.25, -0.2) is 0 Å². The van der Waals surface area contributed by atoms with Crippen LogP contribution in [0, 0.1) is 0 Å². The fraction of sp³-hybridized carbons (Fsp3) is 0.300. The zero-order valence-electron chi connectivity index (χ0n) is 13.9. The number of hydrogen-bond acceptors (Lipinski definition) is 3. The van der Waals surface area contributed by atoms with Crippen LogP contribution in [0.3, 0.4) is 0 Å². The number of rotatable bonds is 4.